The summed E-state index contributed by atoms with van der Waals surface area (Å²) in [6, 6.07) is 0. The Morgan fingerprint density at radius 2 is 1.52 bits per heavy atom. The molecule has 2 heteroatoms. The SMILES string of the molecule is CC(=O)O[C@H]1CC[C@@]2(C)C(CC[C@@]3(C)C4CC[C@@]5(C)CCC(C)(C)C[C@H]5C4=CCC32)C1(C)C. The maximum atomic E-state index is 11.8. The quantitative estimate of drug-likeness (QED) is 0.294. The molecular weight excluding hydrogens is 404 g/mol. The van der Waals surface area contributed by atoms with Crippen LogP contribution in [0.3, 0.4) is 0 Å². The fraction of sp³-hybridized carbons (Fsp3) is 0.903. The first kappa shape index (κ1) is 23.9. The Bertz CT molecular complexity index is 851. The average Bonchev–Trinajstić information content (AvgIpc) is 2.70. The third-order valence-electron chi connectivity index (χ3n) is 12.5. The zero-order chi connectivity index (χ0) is 24.0. The molecular formula is C31H50O2. The summed E-state index contributed by atoms with van der Waals surface area (Å²) in [4.78, 5) is 11.8. The molecule has 0 aliphatic heterocycles. The highest BCUT2D eigenvalue weighted by Crippen LogP contribution is 2.72. The molecule has 0 aromatic heterocycles. The predicted octanol–water partition coefficient (Wildman–Crippen LogP) is 8.35. The van der Waals surface area contributed by atoms with Crippen LogP contribution in [0.25, 0.3) is 0 Å². The lowest BCUT2D eigenvalue weighted by Crippen LogP contribution is -2.62. The number of hydrogen-bond donors (Lipinski definition) is 0. The third-order valence-corrected chi connectivity index (χ3v) is 12.5. The number of carbonyl (C=O) groups is 1. The first-order valence-electron chi connectivity index (χ1n) is 14.1. The van der Waals surface area contributed by atoms with Crippen molar-refractivity contribution in [3.8, 4) is 0 Å². The molecule has 0 aromatic rings. The molecule has 186 valence electrons. The fourth-order valence-corrected chi connectivity index (χ4v) is 10.6. The van der Waals surface area contributed by atoms with Crippen molar-refractivity contribution in [3.63, 3.8) is 0 Å². The number of hydrogen-bond acceptors (Lipinski definition) is 2. The van der Waals surface area contributed by atoms with Gasteiger partial charge in [0.15, 0.2) is 0 Å². The lowest BCUT2D eigenvalue weighted by atomic mass is 9.37. The minimum Gasteiger partial charge on any atom is -0.462 e. The minimum atomic E-state index is -0.108. The van der Waals surface area contributed by atoms with Gasteiger partial charge in [-0.05, 0) is 110 Å². The zero-order valence-corrected chi connectivity index (χ0v) is 22.9. The van der Waals surface area contributed by atoms with Crippen molar-refractivity contribution in [1.82, 2.24) is 0 Å². The van der Waals surface area contributed by atoms with Crippen LogP contribution >= 0.6 is 0 Å². The topological polar surface area (TPSA) is 26.3 Å². The lowest BCUT2D eigenvalue weighted by molar-refractivity contribution is -0.200. The van der Waals surface area contributed by atoms with Gasteiger partial charge in [-0.2, -0.15) is 0 Å². The molecule has 3 unspecified atom stereocenters. The number of carbonyl (C=O) groups excluding carboxylic acids is 1. The van der Waals surface area contributed by atoms with E-state index in [2.05, 4.69) is 54.5 Å². The van der Waals surface area contributed by atoms with Crippen molar-refractivity contribution in [2.45, 2.75) is 126 Å². The van der Waals surface area contributed by atoms with Gasteiger partial charge >= 0.3 is 5.97 Å². The second-order valence-corrected chi connectivity index (χ2v) is 15.2. The Hall–Kier alpha value is -0.790. The van der Waals surface area contributed by atoms with Crippen LogP contribution in [-0.2, 0) is 9.53 Å². The summed E-state index contributed by atoms with van der Waals surface area (Å²) in [7, 11) is 0. The molecule has 0 saturated heterocycles. The second-order valence-electron chi connectivity index (χ2n) is 15.2. The van der Waals surface area contributed by atoms with Gasteiger partial charge in [-0.25, -0.2) is 0 Å². The van der Waals surface area contributed by atoms with E-state index in [0.29, 0.717) is 27.6 Å². The summed E-state index contributed by atoms with van der Waals surface area (Å²) in [5.74, 6) is 2.88. The molecule has 5 aliphatic carbocycles. The van der Waals surface area contributed by atoms with Crippen LogP contribution in [0.4, 0.5) is 0 Å². The second kappa shape index (κ2) is 7.36. The van der Waals surface area contributed by atoms with Gasteiger partial charge in [0.2, 0.25) is 0 Å². The Morgan fingerprint density at radius 3 is 2.21 bits per heavy atom. The molecule has 0 aromatic carbocycles. The number of allylic oxidation sites excluding steroid dienone is 2. The van der Waals surface area contributed by atoms with E-state index in [1.165, 1.54) is 57.8 Å². The van der Waals surface area contributed by atoms with E-state index < -0.39 is 0 Å². The van der Waals surface area contributed by atoms with Crippen molar-refractivity contribution in [1.29, 1.82) is 0 Å². The highest BCUT2D eigenvalue weighted by molar-refractivity contribution is 5.66. The molecule has 8 atom stereocenters. The Kier molecular flexibility index (Phi) is 5.34. The van der Waals surface area contributed by atoms with Gasteiger partial charge < -0.3 is 4.74 Å². The van der Waals surface area contributed by atoms with Gasteiger partial charge in [0.1, 0.15) is 6.10 Å². The normalized spacial score (nSPS) is 50.1. The number of rotatable bonds is 1. The van der Waals surface area contributed by atoms with E-state index in [-0.39, 0.29) is 17.5 Å². The highest BCUT2D eigenvalue weighted by atomic mass is 16.5. The van der Waals surface area contributed by atoms with Crippen LogP contribution < -0.4 is 0 Å². The van der Waals surface area contributed by atoms with Gasteiger partial charge in [-0.3, -0.25) is 4.79 Å². The molecule has 0 heterocycles. The summed E-state index contributed by atoms with van der Waals surface area (Å²) < 4.78 is 5.89. The van der Waals surface area contributed by atoms with Crippen molar-refractivity contribution in [2.75, 3.05) is 0 Å². The molecule has 0 radical (unpaired) electrons. The van der Waals surface area contributed by atoms with Gasteiger partial charge in [-0.15, -0.1) is 0 Å². The van der Waals surface area contributed by atoms with Crippen molar-refractivity contribution in [3.05, 3.63) is 11.6 Å². The maximum Gasteiger partial charge on any atom is 0.302 e. The number of ether oxygens (including phenoxy) is 1. The lowest BCUT2D eigenvalue weighted by Gasteiger charge is -2.68. The fourth-order valence-electron chi connectivity index (χ4n) is 10.6. The van der Waals surface area contributed by atoms with E-state index in [0.717, 1.165) is 24.2 Å². The molecule has 5 rings (SSSR count). The minimum absolute atomic E-state index is 0.0581. The van der Waals surface area contributed by atoms with E-state index >= 15 is 0 Å². The van der Waals surface area contributed by atoms with Crippen LogP contribution in [0.2, 0.25) is 0 Å². The average molecular weight is 455 g/mol. The molecule has 0 N–H and O–H groups in total. The van der Waals surface area contributed by atoms with Crippen LogP contribution in [0.1, 0.15) is 120 Å². The van der Waals surface area contributed by atoms with E-state index in [4.69, 9.17) is 4.74 Å². The predicted molar refractivity (Wildman–Crippen MR) is 136 cm³/mol. The van der Waals surface area contributed by atoms with Crippen molar-refractivity contribution < 1.29 is 9.53 Å². The summed E-state index contributed by atoms with van der Waals surface area (Å²) in [5, 5.41) is 0. The number of fused-ring (bicyclic) bond motifs is 7. The van der Waals surface area contributed by atoms with E-state index in [1.807, 2.05) is 5.57 Å². The van der Waals surface area contributed by atoms with E-state index in [1.54, 1.807) is 6.92 Å². The largest absolute Gasteiger partial charge is 0.462 e. The monoisotopic (exact) mass is 454 g/mol. The van der Waals surface area contributed by atoms with Crippen LogP contribution in [0, 0.1) is 50.7 Å². The van der Waals surface area contributed by atoms with Crippen LogP contribution in [0.15, 0.2) is 11.6 Å². The standard InChI is InChI=1S/C31H50O2/c1-20(32)33-26-13-16-31(8)24(28(26,4)5)12-15-30(7)22-11-14-29(6)18-17-27(2,3)19-23(29)21(22)9-10-25(30)31/h9,22-26H,10-19H2,1-8H3/t22?,23-,24?,25?,26-,29-,30-,31-/m0/s1. The summed E-state index contributed by atoms with van der Waals surface area (Å²) >= 11 is 0. The van der Waals surface area contributed by atoms with Gasteiger partial charge in [0.25, 0.3) is 0 Å². The van der Waals surface area contributed by atoms with Crippen LogP contribution in [-0.4, -0.2) is 12.1 Å². The zero-order valence-electron chi connectivity index (χ0n) is 22.9. The first-order valence-corrected chi connectivity index (χ1v) is 14.1. The molecule has 0 bridgehead atoms. The Balaban J connectivity index is 1.48. The Labute approximate surface area is 203 Å². The Morgan fingerprint density at radius 1 is 0.818 bits per heavy atom. The molecule has 0 spiro atoms. The summed E-state index contributed by atoms with van der Waals surface area (Å²) in [6.07, 6.45) is 16.1. The molecule has 2 nitrogen and oxygen atoms in total. The van der Waals surface area contributed by atoms with Gasteiger partial charge in [0, 0.05) is 12.3 Å². The number of esters is 1. The molecule has 4 saturated carbocycles. The molecule has 33 heavy (non-hydrogen) atoms. The molecule has 0 amide bonds. The molecule has 5 aliphatic rings. The van der Waals surface area contributed by atoms with Gasteiger partial charge in [0.05, 0.1) is 0 Å². The summed E-state index contributed by atoms with van der Waals surface area (Å²) in [6.45, 7) is 19.3. The van der Waals surface area contributed by atoms with Gasteiger partial charge in [-0.1, -0.05) is 60.1 Å². The van der Waals surface area contributed by atoms with Crippen molar-refractivity contribution >= 4 is 5.97 Å². The molecule has 4 fully saturated rings. The van der Waals surface area contributed by atoms with E-state index in [9.17, 15) is 4.79 Å². The van der Waals surface area contributed by atoms with Crippen LogP contribution in [0.5, 0.6) is 0 Å². The summed E-state index contributed by atoms with van der Waals surface area (Å²) in [5.41, 5.74) is 3.75. The van der Waals surface area contributed by atoms with Crippen molar-refractivity contribution in [2.24, 2.45) is 50.7 Å². The first-order chi connectivity index (χ1) is 15.2. The maximum absolute atomic E-state index is 11.8. The smallest absolute Gasteiger partial charge is 0.302 e. The highest BCUT2D eigenvalue weighted by Gasteiger charge is 2.64. The third kappa shape index (κ3) is 3.42.